The van der Waals surface area contributed by atoms with Crippen LogP contribution in [0.2, 0.25) is 0 Å². The average molecular weight is 277 g/mol. The number of hydrazine groups is 1. The number of ether oxygens (including phenoxy) is 1. The lowest BCUT2D eigenvalue weighted by Crippen LogP contribution is -2.55. The van der Waals surface area contributed by atoms with E-state index in [0.29, 0.717) is 23.5 Å². The molecule has 1 fully saturated rings. The second-order valence-corrected chi connectivity index (χ2v) is 5.30. The number of carbonyl (C=O) groups excluding carboxylic acids is 1. The largest absolute Gasteiger partial charge is 0.495 e. The maximum atomic E-state index is 12.1. The first kappa shape index (κ1) is 14.7. The quantitative estimate of drug-likeness (QED) is 0.893. The minimum atomic E-state index is -0.227. The molecule has 2 atom stereocenters. The summed E-state index contributed by atoms with van der Waals surface area (Å²) in [5, 5.41) is 4.87. The molecule has 1 aromatic rings. The Kier molecular flexibility index (Phi) is 4.84. The first-order chi connectivity index (χ1) is 9.61. The number of benzene rings is 1. The lowest BCUT2D eigenvalue weighted by atomic mass is 10.00. The van der Waals surface area contributed by atoms with E-state index in [1.165, 1.54) is 6.42 Å². The van der Waals surface area contributed by atoms with Gasteiger partial charge in [0.25, 0.3) is 0 Å². The van der Waals surface area contributed by atoms with Crippen LogP contribution in [0.4, 0.5) is 10.5 Å². The molecule has 0 unspecified atom stereocenters. The van der Waals surface area contributed by atoms with Crippen LogP contribution < -0.4 is 15.5 Å². The van der Waals surface area contributed by atoms with Crippen molar-refractivity contribution in [3.63, 3.8) is 0 Å². The third-order valence-corrected chi connectivity index (χ3v) is 3.78. The number of para-hydroxylation sites is 2. The van der Waals surface area contributed by atoms with E-state index in [1.54, 1.807) is 7.11 Å². The standard InChI is InChI=1S/C15H23N3O2/c1-11-7-6-8-12(2)18(11)17-15(19)16-13-9-4-5-10-14(13)20-3/h4-5,9-12H,6-8H2,1-3H3,(H2,16,17,19)/t11-,12-/m1/s1. The van der Waals surface area contributed by atoms with Gasteiger partial charge in [-0.05, 0) is 38.8 Å². The van der Waals surface area contributed by atoms with Crippen LogP contribution in [0.3, 0.4) is 0 Å². The van der Waals surface area contributed by atoms with Crippen molar-refractivity contribution in [2.45, 2.75) is 45.2 Å². The van der Waals surface area contributed by atoms with Crippen LogP contribution in [0.5, 0.6) is 5.75 Å². The number of carbonyl (C=O) groups is 1. The van der Waals surface area contributed by atoms with Crippen LogP contribution in [0.1, 0.15) is 33.1 Å². The zero-order chi connectivity index (χ0) is 14.5. The minimum absolute atomic E-state index is 0.227. The van der Waals surface area contributed by atoms with Crippen molar-refractivity contribution in [1.82, 2.24) is 10.4 Å². The maximum absolute atomic E-state index is 12.1. The van der Waals surface area contributed by atoms with Gasteiger partial charge in [0, 0.05) is 12.1 Å². The Morgan fingerprint density at radius 2 is 1.90 bits per heavy atom. The Labute approximate surface area is 120 Å². The van der Waals surface area contributed by atoms with E-state index in [9.17, 15) is 4.79 Å². The van der Waals surface area contributed by atoms with Gasteiger partial charge in [-0.25, -0.2) is 9.80 Å². The fraction of sp³-hybridized carbons (Fsp3) is 0.533. The number of nitrogens with one attached hydrogen (secondary N) is 2. The van der Waals surface area contributed by atoms with Crippen molar-refractivity contribution in [1.29, 1.82) is 0 Å². The molecule has 0 aromatic heterocycles. The molecule has 1 aromatic carbocycles. The zero-order valence-electron chi connectivity index (χ0n) is 12.3. The molecule has 20 heavy (non-hydrogen) atoms. The summed E-state index contributed by atoms with van der Waals surface area (Å²) in [4.78, 5) is 12.1. The van der Waals surface area contributed by atoms with Gasteiger partial charge in [-0.2, -0.15) is 0 Å². The normalized spacial score (nSPS) is 23.1. The molecule has 2 N–H and O–H groups in total. The van der Waals surface area contributed by atoms with E-state index < -0.39 is 0 Å². The number of rotatable bonds is 3. The molecule has 0 aliphatic carbocycles. The molecule has 0 radical (unpaired) electrons. The van der Waals surface area contributed by atoms with Gasteiger partial charge in [0.05, 0.1) is 12.8 Å². The van der Waals surface area contributed by atoms with Crippen molar-refractivity contribution in [2.75, 3.05) is 12.4 Å². The average Bonchev–Trinajstić information content (AvgIpc) is 2.44. The van der Waals surface area contributed by atoms with Crippen LogP contribution in [0.15, 0.2) is 24.3 Å². The summed E-state index contributed by atoms with van der Waals surface area (Å²) in [6.07, 6.45) is 3.44. The van der Waals surface area contributed by atoms with E-state index in [1.807, 2.05) is 29.3 Å². The van der Waals surface area contributed by atoms with Crippen molar-refractivity contribution < 1.29 is 9.53 Å². The highest BCUT2D eigenvalue weighted by Crippen LogP contribution is 2.23. The van der Waals surface area contributed by atoms with E-state index in [-0.39, 0.29) is 6.03 Å². The Balaban J connectivity index is 1.98. The van der Waals surface area contributed by atoms with Gasteiger partial charge in [-0.1, -0.05) is 18.6 Å². The SMILES string of the molecule is COc1ccccc1NC(=O)NN1[C@H](C)CCC[C@H]1C. The van der Waals surface area contributed by atoms with Gasteiger partial charge < -0.3 is 10.1 Å². The molecule has 2 amide bonds. The van der Waals surface area contributed by atoms with Crippen LogP contribution in [-0.2, 0) is 0 Å². The highest BCUT2D eigenvalue weighted by molar-refractivity contribution is 5.90. The number of anilines is 1. The predicted octanol–water partition coefficient (Wildman–Crippen LogP) is 2.99. The number of hydrogen-bond donors (Lipinski definition) is 2. The van der Waals surface area contributed by atoms with Gasteiger partial charge in [-0.15, -0.1) is 0 Å². The first-order valence-corrected chi connectivity index (χ1v) is 7.11. The van der Waals surface area contributed by atoms with Gasteiger partial charge in [-0.3, -0.25) is 5.43 Å². The molecule has 110 valence electrons. The number of urea groups is 1. The minimum Gasteiger partial charge on any atom is -0.495 e. The van der Waals surface area contributed by atoms with Crippen molar-refractivity contribution in [2.24, 2.45) is 0 Å². The second-order valence-electron chi connectivity index (χ2n) is 5.30. The summed E-state index contributed by atoms with van der Waals surface area (Å²) in [5.74, 6) is 0.655. The number of amides is 2. The zero-order valence-corrected chi connectivity index (χ0v) is 12.3. The van der Waals surface area contributed by atoms with E-state index in [2.05, 4.69) is 24.6 Å². The molecule has 1 aliphatic heterocycles. The number of piperidine rings is 1. The van der Waals surface area contributed by atoms with Crippen LogP contribution in [0, 0.1) is 0 Å². The Morgan fingerprint density at radius 3 is 2.55 bits per heavy atom. The molecular formula is C15H23N3O2. The van der Waals surface area contributed by atoms with Crippen molar-refractivity contribution in [3.8, 4) is 5.75 Å². The van der Waals surface area contributed by atoms with Gasteiger partial charge in [0.1, 0.15) is 5.75 Å². The summed E-state index contributed by atoms with van der Waals surface area (Å²) in [5.41, 5.74) is 3.62. The smallest absolute Gasteiger partial charge is 0.333 e. The second kappa shape index (κ2) is 6.61. The predicted molar refractivity (Wildman–Crippen MR) is 79.8 cm³/mol. The molecule has 5 heteroatoms. The highest BCUT2D eigenvalue weighted by Gasteiger charge is 2.26. The molecule has 0 saturated carbocycles. The molecular weight excluding hydrogens is 254 g/mol. The molecule has 1 aliphatic rings. The number of hydrogen-bond acceptors (Lipinski definition) is 3. The van der Waals surface area contributed by atoms with E-state index in [4.69, 9.17) is 4.74 Å². The molecule has 1 heterocycles. The van der Waals surface area contributed by atoms with Gasteiger partial charge in [0.15, 0.2) is 0 Å². The molecule has 2 rings (SSSR count). The third-order valence-electron chi connectivity index (χ3n) is 3.78. The summed E-state index contributed by atoms with van der Waals surface area (Å²) in [6, 6.07) is 7.88. The highest BCUT2D eigenvalue weighted by atomic mass is 16.5. The Bertz CT molecular complexity index is 454. The number of methoxy groups -OCH3 is 1. The number of nitrogens with zero attached hydrogens (tertiary/aromatic N) is 1. The van der Waals surface area contributed by atoms with Crippen molar-refractivity contribution in [3.05, 3.63) is 24.3 Å². The van der Waals surface area contributed by atoms with Gasteiger partial charge >= 0.3 is 6.03 Å². The van der Waals surface area contributed by atoms with Crippen molar-refractivity contribution >= 4 is 11.7 Å². The van der Waals surface area contributed by atoms with Crippen LogP contribution in [0.25, 0.3) is 0 Å². The maximum Gasteiger partial charge on any atom is 0.333 e. The monoisotopic (exact) mass is 277 g/mol. The lowest BCUT2D eigenvalue weighted by Gasteiger charge is -2.38. The lowest BCUT2D eigenvalue weighted by molar-refractivity contribution is 0.0625. The summed E-state index contributed by atoms with van der Waals surface area (Å²) < 4.78 is 5.22. The van der Waals surface area contributed by atoms with Crippen LogP contribution in [-0.4, -0.2) is 30.2 Å². The third kappa shape index (κ3) is 3.42. The topological polar surface area (TPSA) is 53.6 Å². The summed E-state index contributed by atoms with van der Waals surface area (Å²) in [6.45, 7) is 4.28. The molecule has 0 bridgehead atoms. The Morgan fingerprint density at radius 1 is 1.25 bits per heavy atom. The molecule has 5 nitrogen and oxygen atoms in total. The Hall–Kier alpha value is -1.75. The summed E-state index contributed by atoms with van der Waals surface area (Å²) in [7, 11) is 1.59. The van der Waals surface area contributed by atoms with E-state index in [0.717, 1.165) is 12.8 Å². The fourth-order valence-electron chi connectivity index (χ4n) is 2.66. The van der Waals surface area contributed by atoms with E-state index >= 15 is 0 Å². The first-order valence-electron chi connectivity index (χ1n) is 7.11. The van der Waals surface area contributed by atoms with Crippen LogP contribution >= 0.6 is 0 Å². The molecule has 1 saturated heterocycles. The summed E-state index contributed by atoms with van der Waals surface area (Å²) >= 11 is 0. The molecule has 0 spiro atoms. The fourth-order valence-corrected chi connectivity index (χ4v) is 2.66. The van der Waals surface area contributed by atoms with Gasteiger partial charge in [0.2, 0.25) is 0 Å².